The third-order valence-electron chi connectivity index (χ3n) is 4.50. The lowest BCUT2D eigenvalue weighted by molar-refractivity contribution is -0.120. The molecule has 152 valence electrons. The zero-order valence-corrected chi connectivity index (χ0v) is 17.2. The van der Waals surface area contributed by atoms with Crippen molar-refractivity contribution in [1.29, 1.82) is 0 Å². The maximum atomic E-state index is 13.4. The number of carbonyl (C=O) groups excluding carboxylic acids is 1. The van der Waals surface area contributed by atoms with Gasteiger partial charge in [0.15, 0.2) is 5.82 Å². The van der Waals surface area contributed by atoms with Crippen LogP contribution in [0.1, 0.15) is 25.8 Å². The molecule has 0 aliphatic carbocycles. The highest BCUT2D eigenvalue weighted by Gasteiger charge is 2.21. The zero-order valence-electron chi connectivity index (χ0n) is 16.4. The molecule has 3 aromatic rings. The Bertz CT molecular complexity index is 963. The van der Waals surface area contributed by atoms with Gasteiger partial charge in [0.1, 0.15) is 5.82 Å². The minimum absolute atomic E-state index is 0.0457. The van der Waals surface area contributed by atoms with Gasteiger partial charge in [0.2, 0.25) is 11.1 Å². The number of aromatic nitrogens is 3. The van der Waals surface area contributed by atoms with Gasteiger partial charge in [-0.3, -0.25) is 4.79 Å². The monoisotopic (exact) mass is 413 g/mol. The van der Waals surface area contributed by atoms with Crippen LogP contribution in [-0.4, -0.2) is 32.1 Å². The molecule has 2 aromatic carbocycles. The minimum atomic E-state index is -0.402. The van der Waals surface area contributed by atoms with Gasteiger partial charge in [-0.15, -0.1) is 10.2 Å². The van der Waals surface area contributed by atoms with E-state index in [1.807, 2.05) is 25.1 Å². The number of hydrogen-bond donors (Lipinski definition) is 2. The number of benzene rings is 2. The molecule has 0 saturated heterocycles. The number of hydrogen-bond acceptors (Lipinski definition) is 5. The van der Waals surface area contributed by atoms with Crippen LogP contribution in [0.5, 0.6) is 0 Å². The second-order valence-electron chi connectivity index (χ2n) is 6.88. The lowest BCUT2D eigenvalue weighted by Gasteiger charge is -2.17. The summed E-state index contributed by atoms with van der Waals surface area (Å²) in [5.74, 6) is 5.94. The van der Waals surface area contributed by atoms with Crippen molar-refractivity contribution in [3.8, 4) is 11.4 Å². The molecule has 0 aliphatic heterocycles. The van der Waals surface area contributed by atoms with Gasteiger partial charge in [-0.25, -0.2) is 9.07 Å². The first kappa shape index (κ1) is 20.9. The van der Waals surface area contributed by atoms with Crippen LogP contribution in [0.3, 0.4) is 0 Å². The van der Waals surface area contributed by atoms with Crippen LogP contribution in [0.4, 0.5) is 4.39 Å². The Balaban J connectivity index is 1.55. The largest absolute Gasteiger partial charge is 0.353 e. The lowest BCUT2D eigenvalue weighted by Crippen LogP contribution is -2.38. The summed E-state index contributed by atoms with van der Waals surface area (Å²) in [5.41, 5.74) is 1.77. The molecule has 0 spiro atoms. The van der Waals surface area contributed by atoms with E-state index < -0.39 is 5.25 Å². The van der Waals surface area contributed by atoms with E-state index in [0.29, 0.717) is 16.5 Å². The van der Waals surface area contributed by atoms with Gasteiger partial charge in [-0.05, 0) is 44.4 Å². The Kier molecular flexibility index (Phi) is 6.87. The van der Waals surface area contributed by atoms with Crippen molar-refractivity contribution in [1.82, 2.24) is 20.2 Å². The summed E-state index contributed by atoms with van der Waals surface area (Å²) < 4.78 is 14.7. The SMILES string of the molecule is C[C@H](CCc1ccccc1)NC(=O)[C@@H](C)Sc1nnc(-c2cccc(F)c2)n1N. The van der Waals surface area contributed by atoms with Crippen molar-refractivity contribution in [2.75, 3.05) is 5.84 Å². The smallest absolute Gasteiger partial charge is 0.233 e. The molecule has 0 radical (unpaired) electrons. The van der Waals surface area contributed by atoms with Crippen molar-refractivity contribution in [2.45, 2.75) is 43.1 Å². The van der Waals surface area contributed by atoms with Crippen LogP contribution in [0.2, 0.25) is 0 Å². The second-order valence-corrected chi connectivity index (χ2v) is 8.19. The molecule has 1 heterocycles. The van der Waals surface area contributed by atoms with E-state index in [1.54, 1.807) is 19.1 Å². The molecule has 8 heteroatoms. The van der Waals surface area contributed by atoms with Gasteiger partial charge in [-0.2, -0.15) is 0 Å². The Morgan fingerprint density at radius 3 is 2.66 bits per heavy atom. The molecule has 1 aromatic heterocycles. The number of thioether (sulfide) groups is 1. The van der Waals surface area contributed by atoms with Crippen molar-refractivity contribution in [2.24, 2.45) is 0 Å². The highest BCUT2D eigenvalue weighted by molar-refractivity contribution is 8.00. The average Bonchev–Trinajstić information content (AvgIpc) is 3.07. The summed E-state index contributed by atoms with van der Waals surface area (Å²) in [6.45, 7) is 3.78. The van der Waals surface area contributed by atoms with E-state index in [-0.39, 0.29) is 17.8 Å². The molecule has 29 heavy (non-hydrogen) atoms. The predicted molar refractivity (Wildman–Crippen MR) is 113 cm³/mol. The summed E-state index contributed by atoms with van der Waals surface area (Å²) in [7, 11) is 0. The number of rotatable bonds is 8. The number of halogens is 1. The molecule has 1 amide bonds. The number of amides is 1. The number of nitrogens with two attached hydrogens (primary N) is 1. The third-order valence-corrected chi connectivity index (χ3v) is 5.55. The summed E-state index contributed by atoms with van der Waals surface area (Å²) >= 11 is 1.21. The van der Waals surface area contributed by atoms with Gasteiger partial charge in [0.25, 0.3) is 0 Å². The summed E-state index contributed by atoms with van der Waals surface area (Å²) in [5, 5.41) is 11.1. The highest BCUT2D eigenvalue weighted by atomic mass is 32.2. The molecule has 0 fully saturated rings. The zero-order chi connectivity index (χ0) is 20.8. The van der Waals surface area contributed by atoms with Crippen molar-refractivity contribution in [3.05, 3.63) is 66.0 Å². The molecule has 0 saturated carbocycles. The first-order valence-corrected chi connectivity index (χ1v) is 10.3. The normalized spacial score (nSPS) is 13.1. The van der Waals surface area contributed by atoms with Gasteiger partial charge >= 0.3 is 0 Å². The summed E-state index contributed by atoms with van der Waals surface area (Å²) in [6, 6.07) is 16.2. The second kappa shape index (κ2) is 9.56. The quantitative estimate of drug-likeness (QED) is 0.437. The lowest BCUT2D eigenvalue weighted by atomic mass is 10.1. The van der Waals surface area contributed by atoms with E-state index in [9.17, 15) is 9.18 Å². The fourth-order valence-corrected chi connectivity index (χ4v) is 3.63. The summed E-state index contributed by atoms with van der Waals surface area (Å²) in [4.78, 5) is 12.5. The van der Waals surface area contributed by atoms with Gasteiger partial charge < -0.3 is 11.2 Å². The van der Waals surface area contributed by atoms with Crippen LogP contribution < -0.4 is 11.2 Å². The molecule has 0 aliphatic rings. The van der Waals surface area contributed by atoms with Crippen molar-refractivity contribution >= 4 is 17.7 Å². The standard InChI is InChI=1S/C21H24FN5OS/c1-14(11-12-16-7-4-3-5-8-16)24-20(28)15(2)29-21-26-25-19(27(21)23)17-9-6-10-18(22)13-17/h3-10,13-15H,11-12,23H2,1-2H3,(H,24,28)/t14-,15-/m1/s1. The summed E-state index contributed by atoms with van der Waals surface area (Å²) in [6.07, 6.45) is 1.75. The van der Waals surface area contributed by atoms with Gasteiger partial charge in [-0.1, -0.05) is 54.2 Å². The van der Waals surface area contributed by atoms with E-state index in [0.717, 1.165) is 12.8 Å². The average molecular weight is 414 g/mol. The predicted octanol–water partition coefficient (Wildman–Crippen LogP) is 3.42. The van der Waals surface area contributed by atoms with Gasteiger partial charge in [0, 0.05) is 11.6 Å². The van der Waals surface area contributed by atoms with Gasteiger partial charge in [0.05, 0.1) is 5.25 Å². The van der Waals surface area contributed by atoms with Crippen LogP contribution in [0.25, 0.3) is 11.4 Å². The van der Waals surface area contributed by atoms with Crippen molar-refractivity contribution in [3.63, 3.8) is 0 Å². The maximum absolute atomic E-state index is 13.4. The van der Waals surface area contributed by atoms with E-state index >= 15 is 0 Å². The molecule has 3 N–H and O–H groups in total. The van der Waals surface area contributed by atoms with Crippen LogP contribution >= 0.6 is 11.8 Å². The van der Waals surface area contributed by atoms with Crippen LogP contribution in [0, 0.1) is 5.82 Å². The highest BCUT2D eigenvalue weighted by Crippen LogP contribution is 2.25. The number of aryl methyl sites for hydroxylation is 1. The number of carbonyl (C=O) groups is 1. The molecule has 0 bridgehead atoms. The minimum Gasteiger partial charge on any atom is -0.353 e. The Labute approximate surface area is 173 Å². The first-order valence-electron chi connectivity index (χ1n) is 9.41. The first-order chi connectivity index (χ1) is 13.9. The van der Waals surface area contributed by atoms with Crippen molar-refractivity contribution < 1.29 is 9.18 Å². The molecule has 3 rings (SSSR count). The maximum Gasteiger partial charge on any atom is 0.233 e. The number of nitrogens with one attached hydrogen (secondary N) is 1. The van der Waals surface area contributed by atoms with Crippen LogP contribution in [0.15, 0.2) is 59.8 Å². The van der Waals surface area contributed by atoms with E-state index in [1.165, 1.54) is 34.1 Å². The Hall–Kier alpha value is -2.87. The fourth-order valence-electron chi connectivity index (χ4n) is 2.85. The number of nitrogens with zero attached hydrogens (tertiary/aromatic N) is 3. The third kappa shape index (κ3) is 5.57. The molecule has 0 unspecified atom stereocenters. The van der Waals surface area contributed by atoms with E-state index in [4.69, 9.17) is 5.84 Å². The Morgan fingerprint density at radius 2 is 1.93 bits per heavy atom. The molecule has 6 nitrogen and oxygen atoms in total. The van der Waals surface area contributed by atoms with E-state index in [2.05, 4.69) is 27.6 Å². The Morgan fingerprint density at radius 1 is 1.17 bits per heavy atom. The topological polar surface area (TPSA) is 85.8 Å². The van der Waals surface area contributed by atoms with Crippen LogP contribution in [-0.2, 0) is 11.2 Å². The molecular weight excluding hydrogens is 389 g/mol. The number of nitrogen functional groups attached to an aromatic ring is 1. The molecular formula is C21H24FN5OS. The molecule has 2 atom stereocenters. The fraction of sp³-hybridized carbons (Fsp3) is 0.286.